The second-order valence-electron chi connectivity index (χ2n) is 12.9. The van der Waals surface area contributed by atoms with Gasteiger partial charge in [0.1, 0.15) is 26.3 Å². The number of ether oxygens (including phenoxy) is 1. The molecule has 0 unspecified atom stereocenters. The number of nitro groups is 1. The fourth-order valence-corrected chi connectivity index (χ4v) is 9.11. The number of amides is 4. The number of nitrogens with zero attached hydrogens (tertiary/aromatic N) is 8. The van der Waals surface area contributed by atoms with Crippen LogP contribution in [0.15, 0.2) is 85.1 Å². The van der Waals surface area contributed by atoms with Crippen LogP contribution in [0, 0.1) is 13.7 Å². The summed E-state index contributed by atoms with van der Waals surface area (Å²) in [7, 11) is 4.25. The molecule has 0 aliphatic carbocycles. The molecule has 4 aromatic heterocycles. The molecule has 1 aliphatic heterocycles. The van der Waals surface area contributed by atoms with Gasteiger partial charge in [0.05, 0.1) is 59.7 Å². The molecule has 0 saturated heterocycles. The van der Waals surface area contributed by atoms with E-state index in [-0.39, 0.29) is 43.9 Å². The Balaban J connectivity index is 0.000000437. The first-order valence-electron chi connectivity index (χ1n) is 18.6. The third-order valence-corrected chi connectivity index (χ3v) is 15.9. The molecule has 6 rings (SSSR count). The van der Waals surface area contributed by atoms with Gasteiger partial charge < -0.3 is 19.9 Å². The molecule has 0 radical (unpaired) electrons. The van der Waals surface area contributed by atoms with Gasteiger partial charge in [-0.1, -0.05) is 46.4 Å². The summed E-state index contributed by atoms with van der Waals surface area (Å²) in [5.41, 5.74) is 2.24. The molecule has 2 N–H and O–H groups in total. The van der Waals surface area contributed by atoms with E-state index in [2.05, 4.69) is 93.7 Å². The number of aromatic nitrogens is 4. The van der Waals surface area contributed by atoms with E-state index >= 15 is 0 Å². The van der Waals surface area contributed by atoms with Gasteiger partial charge in [-0.15, -0.1) is 13.2 Å². The van der Waals surface area contributed by atoms with E-state index in [0.29, 0.717) is 40.2 Å². The summed E-state index contributed by atoms with van der Waals surface area (Å²) in [6.07, 6.45) is 0.466. The van der Waals surface area contributed by atoms with E-state index in [0.717, 1.165) is 29.3 Å². The van der Waals surface area contributed by atoms with E-state index < -0.39 is 49.1 Å². The Bertz CT molecular complexity index is 2560. The summed E-state index contributed by atoms with van der Waals surface area (Å²) in [4.78, 5) is 83.1. The van der Waals surface area contributed by atoms with Gasteiger partial charge in [-0.25, -0.2) is 19.9 Å². The van der Waals surface area contributed by atoms with Crippen LogP contribution in [-0.4, -0.2) is 92.1 Å². The molecule has 71 heavy (non-hydrogen) atoms. The van der Waals surface area contributed by atoms with Gasteiger partial charge in [-0.05, 0) is 81.9 Å². The zero-order valence-corrected chi connectivity index (χ0v) is 49.1. The number of nitrogens with one attached hydrogen (secondary N) is 1. The molecule has 0 bridgehead atoms. The smallest absolute Gasteiger partial charge is 0.194 e. The molecule has 5 heterocycles. The zero-order valence-electron chi connectivity index (χ0n) is 37.6. The number of halogens is 12. The van der Waals surface area contributed by atoms with Crippen LogP contribution in [0.3, 0.4) is 0 Å². The zero-order chi connectivity index (χ0) is 54.7. The van der Waals surface area contributed by atoms with Crippen molar-refractivity contribution in [2.75, 3.05) is 46.3 Å². The van der Waals surface area contributed by atoms with Crippen molar-refractivity contribution < 1.29 is 55.1 Å². The van der Waals surface area contributed by atoms with Crippen LogP contribution in [0.1, 0.15) is 38.1 Å². The Hall–Kier alpha value is -4.07. The van der Waals surface area contributed by atoms with E-state index in [1.807, 2.05) is 29.2 Å². The van der Waals surface area contributed by atoms with Crippen molar-refractivity contribution in [2.45, 2.75) is 34.1 Å². The van der Waals surface area contributed by atoms with Crippen LogP contribution >= 0.6 is 130 Å². The van der Waals surface area contributed by atoms with Crippen molar-refractivity contribution in [1.29, 1.82) is 0 Å². The van der Waals surface area contributed by atoms with Gasteiger partial charge in [0.25, 0.3) is 0 Å². The van der Waals surface area contributed by atoms with Gasteiger partial charge in [0, 0.05) is 46.7 Å². The summed E-state index contributed by atoms with van der Waals surface area (Å²) in [6.45, 7) is 5.35. The van der Waals surface area contributed by atoms with Crippen LogP contribution in [0.25, 0.3) is 0 Å². The number of rotatable bonds is 5. The maximum absolute atomic E-state index is 12.2. The molecular formula is C40H37Br4Cl4F3IN9O10. The second-order valence-corrected chi connectivity index (χ2v) is 21.7. The van der Waals surface area contributed by atoms with Gasteiger partial charge in [0.15, 0.2) is 12.8 Å². The molecule has 0 atom stereocenters. The number of benzene rings is 1. The number of pyridine rings is 4. The number of carbonyl (C=O) groups excluding carboxylic acids is 5. The van der Waals surface area contributed by atoms with E-state index in [9.17, 15) is 42.4 Å². The molecule has 0 saturated carbocycles. The van der Waals surface area contributed by atoms with E-state index in [1.165, 1.54) is 42.8 Å². The third kappa shape index (κ3) is 23.1. The number of carbonyl (C=O) groups is 5. The average Bonchev–Trinajstić information content (AvgIpc) is 3.57. The standard InChI is InChI=1S/C8H5BrClF3N2O2.2C8H8BrClN2O.C8H7IO2.C7H6BrClN2O2.CH3NO2/c1-3(16)15-4-2-14-7(10)5(9)6(4)17-8(11,12)13;2*1-5(13)12(2)6-3-7(9)8(10)11-4-6;1-9-7-5-3-2-4-6(7)8(10)11-9;1-4(12)11(13)5-2-6(8)7(9)10-3-5;1-2(3)4/h2H,1H3,(H,15,16);2*3-4H,1-2H3;2-5H,1H3;2-3,13H,1H3;1H3. The van der Waals surface area contributed by atoms with Crippen molar-refractivity contribution in [3.63, 3.8) is 0 Å². The molecule has 19 nitrogen and oxygen atoms in total. The summed E-state index contributed by atoms with van der Waals surface area (Å²) in [6, 6.07) is 12.6. The minimum Gasteiger partial charge on any atom is -0.265 e. The van der Waals surface area contributed by atoms with Crippen molar-refractivity contribution in [1.82, 2.24) is 19.9 Å². The molecule has 5 aromatic rings. The van der Waals surface area contributed by atoms with Crippen molar-refractivity contribution >= 4 is 183 Å². The first-order valence-corrected chi connectivity index (χ1v) is 27.4. The quantitative estimate of drug-likeness (QED) is 0.0415. The Morgan fingerprint density at radius 1 is 0.761 bits per heavy atom. The number of hydrogen-bond acceptors (Lipinski definition) is 14. The Morgan fingerprint density at radius 2 is 1.15 bits per heavy atom. The number of anilines is 4. The SMILES string of the molecule is CC(=O)N(C)c1cnc(Cl)c(Br)c1.CC(=O)N(C)c1cnc(Cl)c(Br)c1.CC(=O)N(O)c1cnc(Cl)c(Br)c1.CC(=O)Nc1cnc(Cl)c(Br)c1OC(F)(F)F.CI1OC(=O)c2ccccc21.C[N+](=O)[O-]. The number of hydrogen-bond donors (Lipinski definition) is 2. The summed E-state index contributed by atoms with van der Waals surface area (Å²) >= 11 is 33.4. The van der Waals surface area contributed by atoms with Crippen molar-refractivity contribution in [2.24, 2.45) is 0 Å². The minimum atomic E-state index is -4.90. The molecule has 1 aromatic carbocycles. The van der Waals surface area contributed by atoms with Gasteiger partial charge in [-0.2, -0.15) is 5.06 Å². The number of fused-ring (bicyclic) bond motifs is 1. The molecule has 4 amide bonds. The Labute approximate surface area is 464 Å². The Kier molecular flexibility index (Phi) is 28.2. The van der Waals surface area contributed by atoms with Crippen molar-refractivity contribution in [3.8, 4) is 5.75 Å². The fraction of sp³-hybridized carbons (Fsp3) is 0.225. The number of alkyl halides is 4. The minimum absolute atomic E-state index is 0.0453. The molecule has 0 spiro atoms. The first kappa shape index (κ1) is 64.9. The second kappa shape index (κ2) is 30.8. The van der Waals surface area contributed by atoms with Crippen LogP contribution in [0.5, 0.6) is 5.75 Å². The van der Waals surface area contributed by atoms with Gasteiger partial charge in [0.2, 0.25) is 23.6 Å². The van der Waals surface area contributed by atoms with Gasteiger partial charge in [-0.3, -0.25) is 34.5 Å². The summed E-state index contributed by atoms with van der Waals surface area (Å²) in [5, 5.41) is 21.5. The normalized spacial score (nSPS) is 11.2. The summed E-state index contributed by atoms with van der Waals surface area (Å²) < 4.78 is 48.2. The van der Waals surface area contributed by atoms with E-state index in [1.54, 1.807) is 38.6 Å². The molecule has 1 aliphatic rings. The fourth-order valence-electron chi connectivity index (χ4n) is 4.25. The largest absolute Gasteiger partial charge is 0.265 e. The maximum atomic E-state index is 12.2. The van der Waals surface area contributed by atoms with Crippen LogP contribution in [0.4, 0.5) is 35.9 Å². The predicted molar refractivity (Wildman–Crippen MR) is 285 cm³/mol. The van der Waals surface area contributed by atoms with Crippen LogP contribution < -0.4 is 24.9 Å². The molecule has 0 fully saturated rings. The van der Waals surface area contributed by atoms with Crippen LogP contribution in [0.2, 0.25) is 20.6 Å². The van der Waals surface area contributed by atoms with Crippen molar-refractivity contribution in [3.05, 3.63) is 125 Å². The first-order chi connectivity index (χ1) is 32.8. The predicted octanol–water partition coefficient (Wildman–Crippen LogP) is 12.5. The maximum Gasteiger partial charge on any atom is 0.194 e. The summed E-state index contributed by atoms with van der Waals surface area (Å²) in [5.74, 6) is -1.92. The van der Waals surface area contributed by atoms with Gasteiger partial charge >= 0.3 is 78.8 Å². The average molecular weight is 1450 g/mol. The topological polar surface area (TPSA) is 240 Å². The Morgan fingerprint density at radius 3 is 1.52 bits per heavy atom. The number of hydroxylamine groups is 1. The monoisotopic (exact) mass is 1440 g/mol. The van der Waals surface area contributed by atoms with Crippen LogP contribution in [-0.2, 0) is 22.2 Å². The van der Waals surface area contributed by atoms with E-state index in [4.69, 9.17) is 59.6 Å². The molecule has 386 valence electrons. The third-order valence-electron chi connectivity index (χ3n) is 7.63. The molecular weight excluding hydrogens is 1410 g/mol. The molecule has 31 heteroatoms.